The Hall–Kier alpha value is -1.28. The highest BCUT2D eigenvalue weighted by Crippen LogP contribution is 2.34. The Balaban J connectivity index is 0.00000133. The predicted molar refractivity (Wildman–Crippen MR) is 63.8 cm³/mol. The Kier molecular flexibility index (Phi) is 3.73. The van der Waals surface area contributed by atoms with Crippen molar-refractivity contribution in [1.82, 2.24) is 15.3 Å². The molecule has 0 spiro atoms. The van der Waals surface area contributed by atoms with Gasteiger partial charge >= 0.3 is 6.18 Å². The fourth-order valence-corrected chi connectivity index (χ4v) is 2.16. The van der Waals surface area contributed by atoms with Gasteiger partial charge in [-0.05, 0) is 0 Å². The van der Waals surface area contributed by atoms with E-state index in [0.717, 1.165) is 19.3 Å². The van der Waals surface area contributed by atoms with Gasteiger partial charge in [0.05, 0.1) is 12.2 Å². The highest BCUT2D eigenvalue weighted by Gasteiger charge is 2.37. The fourth-order valence-electron chi connectivity index (χ4n) is 2.16. The largest absolute Gasteiger partial charge is 0.473 e. The monoisotopic (exact) mass is 296 g/mol. The van der Waals surface area contributed by atoms with E-state index in [9.17, 15) is 13.2 Å². The minimum absolute atomic E-state index is 0. The summed E-state index contributed by atoms with van der Waals surface area (Å²) < 4.78 is 42.8. The molecule has 3 rings (SSSR count). The Bertz CT molecular complexity index is 471. The molecule has 106 valence electrons. The summed E-state index contributed by atoms with van der Waals surface area (Å²) in [6, 6.07) is 0.109. The molecule has 5 nitrogen and oxygen atoms in total. The fraction of sp³-hybridized carbons (Fsp3) is 0.600. The van der Waals surface area contributed by atoms with Crippen molar-refractivity contribution >= 4 is 18.2 Å². The molecule has 0 aromatic carbocycles. The van der Waals surface area contributed by atoms with Gasteiger partial charge in [0.1, 0.15) is 6.61 Å². The zero-order valence-electron chi connectivity index (χ0n) is 9.78. The van der Waals surface area contributed by atoms with Gasteiger partial charge in [0.15, 0.2) is 11.5 Å². The summed E-state index contributed by atoms with van der Waals surface area (Å²) in [6.45, 7) is 2.54. The molecule has 9 heteroatoms. The van der Waals surface area contributed by atoms with Gasteiger partial charge in [0.25, 0.3) is 5.88 Å². The molecule has 3 heterocycles. The van der Waals surface area contributed by atoms with Crippen LogP contribution in [0.4, 0.5) is 19.0 Å². The Morgan fingerprint density at radius 3 is 2.95 bits per heavy atom. The van der Waals surface area contributed by atoms with E-state index in [-0.39, 0.29) is 24.3 Å². The molecule has 1 N–H and O–H groups in total. The molecule has 0 bridgehead atoms. The molecule has 1 atom stereocenters. The first kappa shape index (κ1) is 14.1. The van der Waals surface area contributed by atoms with Crippen LogP contribution in [-0.4, -0.2) is 42.3 Å². The topological polar surface area (TPSA) is 50.3 Å². The van der Waals surface area contributed by atoms with Crippen molar-refractivity contribution in [2.24, 2.45) is 0 Å². The van der Waals surface area contributed by atoms with Crippen molar-refractivity contribution in [3.63, 3.8) is 0 Å². The van der Waals surface area contributed by atoms with Gasteiger partial charge in [0.2, 0.25) is 0 Å². The molecular weight excluding hydrogens is 285 g/mol. The lowest BCUT2D eigenvalue weighted by molar-refractivity contribution is -0.141. The van der Waals surface area contributed by atoms with Crippen LogP contribution in [0, 0.1) is 0 Å². The van der Waals surface area contributed by atoms with Crippen LogP contribution in [0.3, 0.4) is 0 Å². The second kappa shape index (κ2) is 5.01. The van der Waals surface area contributed by atoms with Crippen LogP contribution in [0.2, 0.25) is 0 Å². The molecule has 0 radical (unpaired) electrons. The molecule has 1 fully saturated rings. The lowest BCUT2D eigenvalue weighted by atomic mass is 10.2. The van der Waals surface area contributed by atoms with E-state index >= 15 is 0 Å². The van der Waals surface area contributed by atoms with Crippen LogP contribution in [0.25, 0.3) is 0 Å². The summed E-state index contributed by atoms with van der Waals surface area (Å²) in [7, 11) is 0. The van der Waals surface area contributed by atoms with E-state index in [1.54, 1.807) is 0 Å². The number of ether oxygens (including phenoxy) is 1. The number of anilines is 1. The molecule has 2 aliphatic heterocycles. The lowest BCUT2D eigenvalue weighted by Gasteiger charge is -2.40. The third kappa shape index (κ3) is 2.55. The number of alkyl halides is 3. The number of rotatable bonds is 0. The molecule has 19 heavy (non-hydrogen) atoms. The van der Waals surface area contributed by atoms with Crippen LogP contribution in [0.15, 0.2) is 6.20 Å². The zero-order chi connectivity index (χ0) is 12.8. The van der Waals surface area contributed by atoms with Crippen molar-refractivity contribution in [3.05, 3.63) is 11.9 Å². The van der Waals surface area contributed by atoms with Crippen molar-refractivity contribution < 1.29 is 17.9 Å². The van der Waals surface area contributed by atoms with Gasteiger partial charge in [-0.3, -0.25) is 0 Å². The summed E-state index contributed by atoms with van der Waals surface area (Å²) in [5.41, 5.74) is -1.02. The van der Waals surface area contributed by atoms with Crippen molar-refractivity contribution in [2.75, 3.05) is 31.1 Å². The average molecular weight is 297 g/mol. The summed E-state index contributed by atoms with van der Waals surface area (Å²) in [5.74, 6) is 0.378. The van der Waals surface area contributed by atoms with E-state index in [1.165, 1.54) is 0 Å². The van der Waals surface area contributed by atoms with E-state index in [1.807, 2.05) is 4.90 Å². The molecule has 0 amide bonds. The molecule has 1 saturated heterocycles. The number of fused-ring (bicyclic) bond motifs is 3. The number of halogens is 4. The van der Waals surface area contributed by atoms with Gasteiger partial charge in [-0.1, -0.05) is 0 Å². The molecule has 2 aliphatic rings. The van der Waals surface area contributed by atoms with Crippen LogP contribution < -0.4 is 15.0 Å². The third-order valence-corrected chi connectivity index (χ3v) is 3.05. The summed E-state index contributed by atoms with van der Waals surface area (Å²) in [5, 5.41) is 3.20. The summed E-state index contributed by atoms with van der Waals surface area (Å²) in [4.78, 5) is 9.31. The minimum Gasteiger partial charge on any atom is -0.473 e. The number of hydrogen-bond acceptors (Lipinski definition) is 5. The van der Waals surface area contributed by atoms with E-state index in [4.69, 9.17) is 4.74 Å². The maximum absolute atomic E-state index is 12.5. The predicted octanol–water partition coefficient (Wildman–Crippen LogP) is 1.09. The number of nitrogens with one attached hydrogen (secondary N) is 1. The highest BCUT2D eigenvalue weighted by molar-refractivity contribution is 5.85. The molecule has 0 aliphatic carbocycles. The Morgan fingerprint density at radius 1 is 1.42 bits per heavy atom. The number of hydrogen-bond donors (Lipinski definition) is 1. The smallest absolute Gasteiger partial charge is 0.435 e. The van der Waals surface area contributed by atoms with Crippen molar-refractivity contribution in [3.8, 4) is 5.88 Å². The van der Waals surface area contributed by atoms with Gasteiger partial charge in [-0.2, -0.15) is 13.2 Å². The van der Waals surface area contributed by atoms with Crippen molar-refractivity contribution in [2.45, 2.75) is 12.2 Å². The van der Waals surface area contributed by atoms with Crippen LogP contribution in [0.1, 0.15) is 5.69 Å². The van der Waals surface area contributed by atoms with Crippen LogP contribution in [-0.2, 0) is 6.18 Å². The summed E-state index contributed by atoms with van der Waals surface area (Å²) >= 11 is 0. The quantitative estimate of drug-likeness (QED) is 0.777. The minimum atomic E-state index is -4.49. The highest BCUT2D eigenvalue weighted by atomic mass is 35.5. The standard InChI is InChI=1S/C10H11F3N4O.ClH/c11-10(12,13)7-4-15-8-9(16-7)18-5-6-3-14-1-2-17(6)8;/h4,6,14H,1-3,5H2;1H/t6-;/m1./s1. The summed E-state index contributed by atoms with van der Waals surface area (Å²) in [6.07, 6.45) is -3.74. The van der Waals surface area contributed by atoms with Crippen LogP contribution >= 0.6 is 12.4 Å². The second-order valence-electron chi connectivity index (χ2n) is 4.24. The van der Waals surface area contributed by atoms with Gasteiger partial charge in [-0.25, -0.2) is 9.97 Å². The number of piperazine rings is 1. The molecule has 0 saturated carbocycles. The number of nitrogens with zero attached hydrogens (tertiary/aromatic N) is 3. The van der Waals surface area contributed by atoms with Gasteiger partial charge in [-0.15, -0.1) is 12.4 Å². The van der Waals surface area contributed by atoms with E-state index in [2.05, 4.69) is 15.3 Å². The first-order valence-electron chi connectivity index (χ1n) is 5.60. The number of aromatic nitrogens is 2. The zero-order valence-corrected chi connectivity index (χ0v) is 10.6. The van der Waals surface area contributed by atoms with Gasteiger partial charge < -0.3 is 15.0 Å². The lowest BCUT2D eigenvalue weighted by Crippen LogP contribution is -2.56. The molecule has 0 unspecified atom stereocenters. The first-order valence-corrected chi connectivity index (χ1v) is 5.60. The first-order chi connectivity index (χ1) is 8.55. The maximum atomic E-state index is 12.5. The van der Waals surface area contributed by atoms with E-state index < -0.39 is 11.9 Å². The Morgan fingerprint density at radius 2 is 2.21 bits per heavy atom. The third-order valence-electron chi connectivity index (χ3n) is 3.05. The second-order valence-corrected chi connectivity index (χ2v) is 4.24. The van der Waals surface area contributed by atoms with Gasteiger partial charge in [0, 0.05) is 19.6 Å². The normalized spacial score (nSPS) is 21.8. The molecule has 1 aromatic heterocycles. The Labute approximate surface area is 113 Å². The SMILES string of the molecule is Cl.FC(F)(F)c1cnc2c(n1)OC[C@H]1CNCCN21. The van der Waals surface area contributed by atoms with E-state index in [0.29, 0.717) is 19.0 Å². The van der Waals surface area contributed by atoms with Crippen LogP contribution in [0.5, 0.6) is 5.88 Å². The molecule has 1 aromatic rings. The molecular formula is C10H12ClF3N4O. The maximum Gasteiger partial charge on any atom is 0.435 e. The average Bonchev–Trinajstić information content (AvgIpc) is 2.37. The van der Waals surface area contributed by atoms with Crippen molar-refractivity contribution in [1.29, 1.82) is 0 Å².